The lowest BCUT2D eigenvalue weighted by Crippen LogP contribution is -2.30. The molecule has 102 valence electrons. The van der Waals surface area contributed by atoms with E-state index in [1.165, 1.54) is 0 Å². The topological polar surface area (TPSA) is 54.0 Å². The highest BCUT2D eigenvalue weighted by molar-refractivity contribution is 5.93. The van der Waals surface area contributed by atoms with Crippen LogP contribution >= 0.6 is 24.8 Å². The molecule has 0 radical (unpaired) electrons. The molecule has 0 aliphatic carbocycles. The number of amides is 1. The number of aromatic nitrogens is 1. The summed E-state index contributed by atoms with van der Waals surface area (Å²) in [4.78, 5) is 15.8. The maximum Gasteiger partial charge on any atom is 0.252 e. The van der Waals surface area contributed by atoms with Crippen LogP contribution in [0.25, 0.3) is 0 Å². The Balaban J connectivity index is 0.00000144. The van der Waals surface area contributed by atoms with Crippen LogP contribution in [-0.2, 0) is 0 Å². The van der Waals surface area contributed by atoms with Crippen LogP contribution in [0, 0.1) is 12.8 Å². The van der Waals surface area contributed by atoms with Gasteiger partial charge in [0.05, 0.1) is 5.56 Å². The summed E-state index contributed by atoms with van der Waals surface area (Å²) >= 11 is 0. The van der Waals surface area contributed by atoms with Crippen LogP contribution in [-0.4, -0.2) is 30.5 Å². The fourth-order valence-corrected chi connectivity index (χ4v) is 1.91. The number of halogens is 2. The Hall–Kier alpha value is -0.840. The summed E-state index contributed by atoms with van der Waals surface area (Å²) in [6.45, 7) is 4.75. The van der Waals surface area contributed by atoms with Gasteiger partial charge < -0.3 is 10.6 Å². The molecule has 0 aromatic carbocycles. The Kier molecular flexibility index (Phi) is 7.91. The molecule has 2 rings (SSSR count). The van der Waals surface area contributed by atoms with Crippen molar-refractivity contribution in [1.29, 1.82) is 0 Å². The summed E-state index contributed by atoms with van der Waals surface area (Å²) in [6, 6.07) is 1.86. The van der Waals surface area contributed by atoms with Gasteiger partial charge in [-0.2, -0.15) is 0 Å². The molecule has 2 N–H and O–H groups in total. The molecule has 0 saturated carbocycles. The van der Waals surface area contributed by atoms with E-state index in [-0.39, 0.29) is 30.7 Å². The lowest BCUT2D eigenvalue weighted by atomic mass is 10.1. The van der Waals surface area contributed by atoms with Gasteiger partial charge in [-0.15, -0.1) is 24.8 Å². The van der Waals surface area contributed by atoms with Gasteiger partial charge in [-0.05, 0) is 44.0 Å². The third kappa shape index (κ3) is 4.80. The molecule has 1 unspecified atom stereocenters. The van der Waals surface area contributed by atoms with E-state index in [2.05, 4.69) is 15.6 Å². The summed E-state index contributed by atoms with van der Waals surface area (Å²) < 4.78 is 0. The fourth-order valence-electron chi connectivity index (χ4n) is 1.91. The van der Waals surface area contributed by atoms with Crippen molar-refractivity contribution in [3.63, 3.8) is 0 Å². The predicted molar refractivity (Wildman–Crippen MR) is 76.8 cm³/mol. The largest absolute Gasteiger partial charge is 0.352 e. The summed E-state index contributed by atoms with van der Waals surface area (Å²) in [6.07, 6.45) is 4.50. The van der Waals surface area contributed by atoms with E-state index >= 15 is 0 Å². The molecule has 1 fully saturated rings. The summed E-state index contributed by atoms with van der Waals surface area (Å²) in [5.41, 5.74) is 1.65. The highest BCUT2D eigenvalue weighted by Crippen LogP contribution is 2.06. The molecule has 1 amide bonds. The SMILES string of the molecule is Cc1cncc(C(=O)NCC2CCNC2)c1.Cl.Cl. The zero-order chi connectivity index (χ0) is 11.4. The number of carbonyl (C=O) groups is 1. The second-order valence-corrected chi connectivity index (χ2v) is 4.32. The maximum absolute atomic E-state index is 11.8. The molecular formula is C12H19Cl2N3O. The third-order valence-electron chi connectivity index (χ3n) is 2.85. The van der Waals surface area contributed by atoms with Crippen LogP contribution in [0.3, 0.4) is 0 Å². The van der Waals surface area contributed by atoms with E-state index in [9.17, 15) is 4.79 Å². The molecule has 6 heteroatoms. The van der Waals surface area contributed by atoms with Crippen LogP contribution in [0.2, 0.25) is 0 Å². The van der Waals surface area contributed by atoms with Gasteiger partial charge >= 0.3 is 0 Å². The van der Waals surface area contributed by atoms with Gasteiger partial charge in [0.15, 0.2) is 0 Å². The molecular weight excluding hydrogens is 273 g/mol. The van der Waals surface area contributed by atoms with Crippen LogP contribution < -0.4 is 10.6 Å². The molecule has 18 heavy (non-hydrogen) atoms. The summed E-state index contributed by atoms with van der Waals surface area (Å²) in [5.74, 6) is 0.546. The Morgan fingerprint density at radius 3 is 2.89 bits per heavy atom. The molecule has 1 aliphatic heterocycles. The average molecular weight is 292 g/mol. The van der Waals surface area contributed by atoms with Crippen molar-refractivity contribution in [2.24, 2.45) is 5.92 Å². The standard InChI is InChI=1S/C12H17N3O.2ClH/c1-9-4-11(8-14-5-9)12(16)15-7-10-2-3-13-6-10;;/h4-5,8,10,13H,2-3,6-7H2,1H3,(H,15,16);2*1H. The van der Waals surface area contributed by atoms with Gasteiger partial charge in [0.1, 0.15) is 0 Å². The normalized spacial score (nSPS) is 17.5. The number of nitrogens with one attached hydrogen (secondary N) is 2. The van der Waals surface area contributed by atoms with Crippen molar-refractivity contribution >= 4 is 30.7 Å². The fraction of sp³-hybridized carbons (Fsp3) is 0.500. The van der Waals surface area contributed by atoms with Crippen molar-refractivity contribution in [3.05, 3.63) is 29.6 Å². The molecule has 1 aromatic heterocycles. The van der Waals surface area contributed by atoms with E-state index in [0.717, 1.165) is 31.6 Å². The number of rotatable bonds is 3. The van der Waals surface area contributed by atoms with Crippen LogP contribution in [0.15, 0.2) is 18.5 Å². The van der Waals surface area contributed by atoms with Gasteiger partial charge in [0.2, 0.25) is 0 Å². The average Bonchev–Trinajstić information content (AvgIpc) is 2.78. The van der Waals surface area contributed by atoms with E-state index < -0.39 is 0 Å². The van der Waals surface area contributed by atoms with Crippen LogP contribution in [0.4, 0.5) is 0 Å². The van der Waals surface area contributed by atoms with E-state index in [4.69, 9.17) is 0 Å². The van der Waals surface area contributed by atoms with Gasteiger partial charge in [-0.25, -0.2) is 0 Å². The third-order valence-corrected chi connectivity index (χ3v) is 2.85. The molecule has 4 nitrogen and oxygen atoms in total. The van der Waals surface area contributed by atoms with Gasteiger partial charge in [0.25, 0.3) is 5.91 Å². The number of hydrogen-bond donors (Lipinski definition) is 2. The van der Waals surface area contributed by atoms with Gasteiger partial charge in [-0.1, -0.05) is 0 Å². The molecule has 1 aromatic rings. The molecule has 1 atom stereocenters. The van der Waals surface area contributed by atoms with Crippen molar-refractivity contribution < 1.29 is 4.79 Å². The molecule has 2 heterocycles. The van der Waals surface area contributed by atoms with Crippen LogP contribution in [0.1, 0.15) is 22.3 Å². The van der Waals surface area contributed by atoms with Crippen molar-refractivity contribution in [1.82, 2.24) is 15.6 Å². The maximum atomic E-state index is 11.8. The van der Waals surface area contributed by atoms with Crippen molar-refractivity contribution in [2.75, 3.05) is 19.6 Å². The highest BCUT2D eigenvalue weighted by atomic mass is 35.5. The second kappa shape index (κ2) is 8.29. The van der Waals surface area contributed by atoms with Crippen molar-refractivity contribution in [3.8, 4) is 0 Å². The zero-order valence-corrected chi connectivity index (χ0v) is 11.9. The number of carbonyl (C=O) groups excluding carboxylic acids is 1. The van der Waals surface area contributed by atoms with E-state index in [0.29, 0.717) is 11.5 Å². The Labute approximate surface area is 120 Å². The first-order chi connectivity index (χ1) is 7.75. The molecule has 0 spiro atoms. The Bertz CT molecular complexity index is 381. The Morgan fingerprint density at radius 2 is 2.28 bits per heavy atom. The van der Waals surface area contributed by atoms with Crippen LogP contribution in [0.5, 0.6) is 0 Å². The first-order valence-electron chi connectivity index (χ1n) is 5.66. The number of pyridine rings is 1. The monoisotopic (exact) mass is 291 g/mol. The number of aryl methyl sites for hydroxylation is 1. The van der Waals surface area contributed by atoms with Gasteiger partial charge in [0, 0.05) is 18.9 Å². The predicted octanol–water partition coefficient (Wildman–Crippen LogP) is 1.57. The quantitative estimate of drug-likeness (QED) is 0.889. The lowest BCUT2D eigenvalue weighted by Gasteiger charge is -2.09. The van der Waals surface area contributed by atoms with Gasteiger partial charge in [-0.3, -0.25) is 9.78 Å². The zero-order valence-electron chi connectivity index (χ0n) is 10.3. The lowest BCUT2D eigenvalue weighted by molar-refractivity contribution is 0.0947. The molecule has 1 aliphatic rings. The second-order valence-electron chi connectivity index (χ2n) is 4.32. The Morgan fingerprint density at radius 1 is 1.50 bits per heavy atom. The smallest absolute Gasteiger partial charge is 0.252 e. The summed E-state index contributed by atoms with van der Waals surface area (Å²) in [5, 5.41) is 6.23. The molecule has 0 bridgehead atoms. The highest BCUT2D eigenvalue weighted by Gasteiger charge is 2.15. The molecule has 1 saturated heterocycles. The number of nitrogens with zero attached hydrogens (tertiary/aromatic N) is 1. The minimum Gasteiger partial charge on any atom is -0.352 e. The van der Waals surface area contributed by atoms with E-state index in [1.807, 2.05) is 13.0 Å². The summed E-state index contributed by atoms with van der Waals surface area (Å²) in [7, 11) is 0. The first-order valence-corrected chi connectivity index (χ1v) is 5.66. The first kappa shape index (κ1) is 17.2. The van der Waals surface area contributed by atoms with Crippen molar-refractivity contribution in [2.45, 2.75) is 13.3 Å². The minimum atomic E-state index is -0.0249. The number of hydrogen-bond acceptors (Lipinski definition) is 3. The minimum absolute atomic E-state index is 0. The van der Waals surface area contributed by atoms with E-state index in [1.54, 1.807) is 12.4 Å².